The largest absolute Gasteiger partial charge is 0.308 e. The Morgan fingerprint density at radius 3 is 2.76 bits per heavy atom. The second kappa shape index (κ2) is 5.09. The van der Waals surface area contributed by atoms with E-state index in [2.05, 4.69) is 37.8 Å². The van der Waals surface area contributed by atoms with Gasteiger partial charge in [0.25, 0.3) is 0 Å². The van der Waals surface area contributed by atoms with Crippen LogP contribution in [-0.2, 0) is 6.54 Å². The molecule has 0 bridgehead atoms. The molecule has 1 aromatic rings. The van der Waals surface area contributed by atoms with Gasteiger partial charge in [0.15, 0.2) is 0 Å². The molecule has 0 aromatic carbocycles. The Balaban J connectivity index is 2.48. The van der Waals surface area contributed by atoms with Crippen LogP contribution in [0.3, 0.4) is 0 Å². The van der Waals surface area contributed by atoms with Crippen LogP contribution in [0.4, 0.5) is 5.69 Å². The van der Waals surface area contributed by atoms with Crippen LogP contribution < -0.4 is 5.32 Å². The first kappa shape index (κ1) is 13.4. The monoisotopic (exact) mass is 238 g/mol. The van der Waals surface area contributed by atoms with Gasteiger partial charge < -0.3 is 5.32 Å². The quantitative estimate of drug-likeness (QED) is 0.481. The summed E-state index contributed by atoms with van der Waals surface area (Å²) in [4.78, 5) is 10.0. The predicted molar refractivity (Wildman–Crippen MR) is 65.8 cm³/mol. The summed E-state index contributed by atoms with van der Waals surface area (Å²) in [5, 5.41) is 17.7. The Hall–Kier alpha value is -1.69. The lowest BCUT2D eigenvalue weighted by Crippen LogP contribution is -2.37. The number of nitrogens with one attached hydrogen (secondary N) is 1. The van der Waals surface area contributed by atoms with Gasteiger partial charge in [0, 0.05) is 12.1 Å². The van der Waals surface area contributed by atoms with E-state index in [0.717, 1.165) is 5.57 Å². The fourth-order valence-corrected chi connectivity index (χ4v) is 1.21. The van der Waals surface area contributed by atoms with Crippen molar-refractivity contribution in [1.29, 1.82) is 0 Å². The molecule has 0 amide bonds. The van der Waals surface area contributed by atoms with Crippen LogP contribution in [0, 0.1) is 10.1 Å². The summed E-state index contributed by atoms with van der Waals surface area (Å²) in [5.41, 5.74) is 0.957. The zero-order valence-corrected chi connectivity index (χ0v) is 10.4. The zero-order chi connectivity index (χ0) is 13.1. The van der Waals surface area contributed by atoms with Crippen molar-refractivity contribution in [1.82, 2.24) is 15.1 Å². The first-order valence-corrected chi connectivity index (χ1v) is 5.36. The molecule has 0 fully saturated rings. The summed E-state index contributed by atoms with van der Waals surface area (Å²) in [6.45, 7) is 11.3. The maximum atomic E-state index is 10.5. The summed E-state index contributed by atoms with van der Waals surface area (Å²) in [5.74, 6) is 0. The Morgan fingerprint density at radius 2 is 2.29 bits per heavy atom. The lowest BCUT2D eigenvalue weighted by molar-refractivity contribution is -0.385. The number of hydrogen-bond donors (Lipinski definition) is 1. The van der Waals surface area contributed by atoms with Crippen molar-refractivity contribution < 1.29 is 4.92 Å². The van der Waals surface area contributed by atoms with Crippen LogP contribution in [0.25, 0.3) is 0 Å². The molecule has 0 spiro atoms. The fourth-order valence-electron chi connectivity index (χ4n) is 1.21. The van der Waals surface area contributed by atoms with E-state index < -0.39 is 4.92 Å². The van der Waals surface area contributed by atoms with E-state index in [4.69, 9.17) is 0 Å². The topological polar surface area (TPSA) is 73.0 Å². The van der Waals surface area contributed by atoms with Crippen molar-refractivity contribution in [3.63, 3.8) is 0 Å². The van der Waals surface area contributed by atoms with Gasteiger partial charge in [-0.05, 0) is 26.3 Å². The number of rotatable bonds is 5. The summed E-state index contributed by atoms with van der Waals surface area (Å²) < 4.78 is 1.52. The van der Waals surface area contributed by atoms with Gasteiger partial charge in [-0.3, -0.25) is 14.8 Å². The fraction of sp³-hybridized carbons (Fsp3) is 0.545. The molecule has 1 N–H and O–H groups in total. The Labute approximate surface area is 100 Å². The van der Waals surface area contributed by atoms with Crippen molar-refractivity contribution in [3.05, 3.63) is 34.7 Å². The molecule has 0 aliphatic carbocycles. The van der Waals surface area contributed by atoms with Crippen molar-refractivity contribution in [2.24, 2.45) is 0 Å². The molecule has 6 heteroatoms. The van der Waals surface area contributed by atoms with Gasteiger partial charge in [-0.25, -0.2) is 0 Å². The molecule has 0 radical (unpaired) electrons. The first-order valence-electron chi connectivity index (χ1n) is 5.36. The van der Waals surface area contributed by atoms with Gasteiger partial charge in [-0.2, -0.15) is 5.10 Å². The van der Waals surface area contributed by atoms with E-state index in [1.807, 2.05) is 0 Å². The van der Waals surface area contributed by atoms with Crippen molar-refractivity contribution in [2.75, 3.05) is 6.54 Å². The maximum absolute atomic E-state index is 10.5. The van der Waals surface area contributed by atoms with Crippen molar-refractivity contribution >= 4 is 5.69 Å². The summed E-state index contributed by atoms with van der Waals surface area (Å²) >= 11 is 0. The van der Waals surface area contributed by atoms with E-state index in [9.17, 15) is 10.1 Å². The van der Waals surface area contributed by atoms with E-state index in [1.54, 1.807) is 0 Å². The second-order valence-corrected chi connectivity index (χ2v) is 5.01. The van der Waals surface area contributed by atoms with E-state index in [0.29, 0.717) is 13.1 Å². The number of hydrogen-bond acceptors (Lipinski definition) is 4. The third kappa shape index (κ3) is 4.78. The van der Waals surface area contributed by atoms with Crippen LogP contribution in [-0.4, -0.2) is 26.8 Å². The maximum Gasteiger partial charge on any atom is 0.307 e. The molecule has 0 saturated heterocycles. The molecular weight excluding hydrogens is 220 g/mol. The molecule has 0 atom stereocenters. The summed E-state index contributed by atoms with van der Waals surface area (Å²) in [7, 11) is 0. The van der Waals surface area contributed by atoms with E-state index >= 15 is 0 Å². The third-order valence-electron chi connectivity index (χ3n) is 2.08. The Morgan fingerprint density at radius 1 is 1.65 bits per heavy atom. The van der Waals surface area contributed by atoms with Crippen molar-refractivity contribution in [3.8, 4) is 0 Å². The van der Waals surface area contributed by atoms with Gasteiger partial charge in [0.1, 0.15) is 12.4 Å². The molecule has 17 heavy (non-hydrogen) atoms. The third-order valence-corrected chi connectivity index (χ3v) is 2.08. The highest BCUT2D eigenvalue weighted by atomic mass is 16.6. The van der Waals surface area contributed by atoms with Gasteiger partial charge in [-0.1, -0.05) is 6.58 Å². The standard InChI is InChI=1S/C11H18N4O2/c1-9(5-12-11(2,3)4)7-14-8-10(6-13-14)15(16)17/h6,8,12H,1,5,7H2,2-4H3. The van der Waals surface area contributed by atoms with E-state index in [-0.39, 0.29) is 11.2 Å². The minimum absolute atomic E-state index is 0.00146. The highest BCUT2D eigenvalue weighted by Crippen LogP contribution is 2.09. The van der Waals surface area contributed by atoms with Crippen LogP contribution in [0.1, 0.15) is 20.8 Å². The number of nitro groups is 1. The van der Waals surface area contributed by atoms with Crippen molar-refractivity contribution in [2.45, 2.75) is 32.9 Å². The van der Waals surface area contributed by atoms with Crippen LogP contribution in [0.5, 0.6) is 0 Å². The highest BCUT2D eigenvalue weighted by molar-refractivity contribution is 5.21. The average molecular weight is 238 g/mol. The smallest absolute Gasteiger partial charge is 0.307 e. The van der Waals surface area contributed by atoms with Gasteiger partial charge in [-0.15, -0.1) is 0 Å². The number of nitrogens with zero attached hydrogens (tertiary/aromatic N) is 3. The minimum Gasteiger partial charge on any atom is -0.308 e. The second-order valence-electron chi connectivity index (χ2n) is 5.01. The van der Waals surface area contributed by atoms with Gasteiger partial charge >= 0.3 is 5.69 Å². The van der Waals surface area contributed by atoms with Gasteiger partial charge in [0.05, 0.1) is 11.5 Å². The molecule has 0 unspecified atom stereocenters. The SMILES string of the molecule is C=C(CNC(C)(C)C)Cn1cc([N+](=O)[O-])cn1. The van der Waals surface area contributed by atoms with Crippen LogP contribution >= 0.6 is 0 Å². The highest BCUT2D eigenvalue weighted by Gasteiger charge is 2.11. The summed E-state index contributed by atoms with van der Waals surface area (Å²) in [6.07, 6.45) is 2.65. The minimum atomic E-state index is -0.459. The average Bonchev–Trinajstić information content (AvgIpc) is 2.62. The zero-order valence-electron chi connectivity index (χ0n) is 10.4. The molecule has 1 heterocycles. The predicted octanol–water partition coefficient (Wildman–Crippen LogP) is 1.74. The lowest BCUT2D eigenvalue weighted by atomic mass is 10.1. The Bertz CT molecular complexity index is 417. The normalized spacial score (nSPS) is 11.5. The lowest BCUT2D eigenvalue weighted by Gasteiger charge is -2.21. The first-order chi connectivity index (χ1) is 7.78. The molecule has 0 aliphatic rings. The molecule has 0 saturated carbocycles. The Kier molecular flexibility index (Phi) is 4.01. The molecule has 1 rings (SSSR count). The molecular formula is C11H18N4O2. The molecule has 0 aliphatic heterocycles. The summed E-state index contributed by atoms with van der Waals surface area (Å²) in [6, 6.07) is 0. The molecule has 1 aromatic heterocycles. The molecule has 94 valence electrons. The van der Waals surface area contributed by atoms with Crippen LogP contribution in [0.2, 0.25) is 0 Å². The number of aromatic nitrogens is 2. The molecule has 6 nitrogen and oxygen atoms in total. The van der Waals surface area contributed by atoms with E-state index in [1.165, 1.54) is 17.1 Å². The van der Waals surface area contributed by atoms with Gasteiger partial charge in [0.2, 0.25) is 0 Å². The van der Waals surface area contributed by atoms with Crippen LogP contribution in [0.15, 0.2) is 24.5 Å².